The van der Waals surface area contributed by atoms with Crippen molar-refractivity contribution < 1.29 is 4.25 Å². The van der Waals surface area contributed by atoms with Crippen molar-refractivity contribution in [1.29, 1.82) is 0 Å². The quantitative estimate of drug-likeness (QED) is 0.562. The first-order chi connectivity index (χ1) is 6.96. The Balaban J connectivity index is 2.26. The minimum atomic E-state index is -1.95. The molecule has 3 aliphatic heterocycles. The van der Waals surface area contributed by atoms with Crippen molar-refractivity contribution in [3.8, 4) is 0 Å². The van der Waals surface area contributed by atoms with Gasteiger partial charge in [0.15, 0.2) is 0 Å². The van der Waals surface area contributed by atoms with E-state index in [2.05, 4.69) is 41.8 Å². The van der Waals surface area contributed by atoms with Gasteiger partial charge in [-0.15, -0.1) is 0 Å². The molecule has 3 rings (SSSR count). The van der Waals surface area contributed by atoms with Crippen molar-refractivity contribution in [2.24, 2.45) is 0 Å². The third kappa shape index (κ3) is 0.729. The van der Waals surface area contributed by atoms with Gasteiger partial charge in [-0.05, 0) is 0 Å². The summed E-state index contributed by atoms with van der Waals surface area (Å²) in [5.41, 5.74) is 0. The molecule has 0 N–H and O–H groups in total. The van der Waals surface area contributed by atoms with Crippen LogP contribution in [0.25, 0.3) is 0 Å². The molecule has 0 saturated carbocycles. The van der Waals surface area contributed by atoms with E-state index in [0.717, 1.165) is 0 Å². The van der Waals surface area contributed by atoms with Gasteiger partial charge in [0.05, 0.1) is 0 Å². The van der Waals surface area contributed by atoms with Crippen molar-refractivity contribution in [3.05, 3.63) is 0 Å². The molecule has 4 nitrogen and oxygen atoms in total. The Morgan fingerprint density at radius 1 is 0.800 bits per heavy atom. The molecule has 3 saturated heterocycles. The van der Waals surface area contributed by atoms with E-state index in [4.69, 9.17) is 0 Å². The van der Waals surface area contributed by atoms with Crippen molar-refractivity contribution in [2.75, 3.05) is 67.1 Å². The molecule has 3 heterocycles. The molecule has 3 aliphatic rings. The first-order valence-electron chi connectivity index (χ1n) is 5.99. The Morgan fingerprint density at radius 3 is 1.40 bits per heavy atom. The molecular formula is C10H24N4P+. The van der Waals surface area contributed by atoms with Crippen molar-refractivity contribution in [1.82, 2.24) is 14.0 Å². The van der Waals surface area contributed by atoms with E-state index in [1.165, 1.54) is 43.5 Å². The van der Waals surface area contributed by atoms with E-state index >= 15 is 0 Å². The second-order valence-electron chi connectivity index (χ2n) is 5.75. The van der Waals surface area contributed by atoms with Crippen LogP contribution in [0.1, 0.15) is 0 Å². The number of nitrogens with zero attached hydrogens (tertiary/aromatic N) is 4. The Kier molecular flexibility index (Phi) is 1.79. The predicted octanol–water partition coefficient (Wildman–Crippen LogP) is 0.483. The maximum absolute atomic E-state index is 2.70. The van der Waals surface area contributed by atoms with Gasteiger partial charge >= 0.3 is 92.5 Å². The molecule has 0 aromatic rings. The monoisotopic (exact) mass is 231 g/mol. The second-order valence-corrected chi connectivity index (χ2v) is 11.3. The van der Waals surface area contributed by atoms with Gasteiger partial charge in [-0.25, -0.2) is 0 Å². The maximum atomic E-state index is 2.70. The summed E-state index contributed by atoms with van der Waals surface area (Å²) in [6.07, 6.45) is 0. The summed E-state index contributed by atoms with van der Waals surface area (Å²) in [7, 11) is 5.10. The normalized spacial score (nSPS) is 47.3. The predicted molar refractivity (Wildman–Crippen MR) is 65.6 cm³/mol. The van der Waals surface area contributed by atoms with Crippen LogP contribution in [0.15, 0.2) is 0 Å². The Labute approximate surface area is 93.1 Å². The van der Waals surface area contributed by atoms with Crippen LogP contribution in [0.3, 0.4) is 0 Å². The Hall–Kier alpha value is 0.270. The zero-order chi connectivity index (χ0) is 10.9. The van der Waals surface area contributed by atoms with E-state index in [-0.39, 0.29) is 0 Å². The first-order valence-corrected chi connectivity index (χ1v) is 8.48. The standard InChI is InChI=1S/C10H24N4P/c1-11-5-8-14-9-6-12(2)15(11,14,4)13(3)7-10-14/h5-10H2,1-4H3/q+1. The third-order valence-corrected chi connectivity index (χ3v) is 13.9. The molecule has 0 amide bonds. The number of hydrogen-bond donors (Lipinski definition) is 0. The SMILES string of the molecule is CN1CC[N+]23CCN(C)P12(C)N(C)CC3. The van der Waals surface area contributed by atoms with Crippen LogP contribution >= 0.6 is 7.21 Å². The van der Waals surface area contributed by atoms with Crippen LogP contribution in [-0.2, 0) is 0 Å². The molecule has 0 radical (unpaired) electrons. The van der Waals surface area contributed by atoms with Crippen molar-refractivity contribution in [2.45, 2.75) is 0 Å². The zero-order valence-corrected chi connectivity index (χ0v) is 11.4. The molecule has 0 aromatic heterocycles. The van der Waals surface area contributed by atoms with Crippen LogP contribution in [0, 0.1) is 0 Å². The molecule has 0 aromatic carbocycles. The van der Waals surface area contributed by atoms with E-state index < -0.39 is 7.21 Å². The molecule has 5 heteroatoms. The Bertz CT molecular complexity index is 277. The van der Waals surface area contributed by atoms with Gasteiger partial charge < -0.3 is 0 Å². The van der Waals surface area contributed by atoms with Gasteiger partial charge in [-0.2, -0.15) is 0 Å². The average Bonchev–Trinajstić information content (AvgIpc) is 2.68. The second kappa shape index (κ2) is 2.57. The number of likely N-dealkylation sites (N-methyl/N-ethyl adjacent to an activating group) is 3. The zero-order valence-electron chi connectivity index (χ0n) is 10.5. The summed E-state index contributed by atoms with van der Waals surface area (Å²) in [5.74, 6) is 0. The minimum absolute atomic E-state index is 1.28. The molecule has 0 atom stereocenters. The summed E-state index contributed by atoms with van der Waals surface area (Å²) in [6.45, 7) is 10.5. The van der Waals surface area contributed by atoms with Crippen molar-refractivity contribution >= 4 is 7.21 Å². The molecule has 0 bridgehead atoms. The molecular weight excluding hydrogens is 207 g/mol. The van der Waals surface area contributed by atoms with Gasteiger partial charge in [0.25, 0.3) is 0 Å². The van der Waals surface area contributed by atoms with Gasteiger partial charge in [0, 0.05) is 0 Å². The summed E-state index contributed by atoms with van der Waals surface area (Å²) in [4.78, 5) is 0. The third-order valence-electron chi connectivity index (χ3n) is 5.91. The number of hydrogen-bond acceptors (Lipinski definition) is 3. The fourth-order valence-corrected chi connectivity index (χ4v) is 11.3. The number of rotatable bonds is 0. The van der Waals surface area contributed by atoms with Gasteiger partial charge in [0.1, 0.15) is 0 Å². The van der Waals surface area contributed by atoms with Crippen LogP contribution in [0.4, 0.5) is 0 Å². The van der Waals surface area contributed by atoms with Crippen LogP contribution in [0.2, 0.25) is 0 Å². The van der Waals surface area contributed by atoms with Crippen molar-refractivity contribution in [3.63, 3.8) is 0 Å². The first kappa shape index (κ1) is 10.4. The van der Waals surface area contributed by atoms with Gasteiger partial charge in [-0.1, -0.05) is 0 Å². The molecule has 15 heavy (non-hydrogen) atoms. The van der Waals surface area contributed by atoms with Gasteiger partial charge in [0.2, 0.25) is 0 Å². The Morgan fingerprint density at radius 2 is 1.13 bits per heavy atom. The molecule has 0 aliphatic carbocycles. The van der Waals surface area contributed by atoms with Crippen LogP contribution in [0.5, 0.6) is 0 Å². The topological polar surface area (TPSA) is 9.72 Å². The average molecular weight is 231 g/mol. The molecule has 3 fully saturated rings. The van der Waals surface area contributed by atoms with Crippen LogP contribution in [-0.4, -0.2) is 85.3 Å². The molecule has 0 unspecified atom stereocenters. The summed E-state index contributed by atoms with van der Waals surface area (Å²) < 4.78 is 9.50. The van der Waals surface area contributed by atoms with Gasteiger partial charge in [-0.3, -0.25) is 0 Å². The van der Waals surface area contributed by atoms with E-state index in [1.807, 2.05) is 0 Å². The fourth-order valence-electron chi connectivity index (χ4n) is 4.49. The molecule has 0 spiro atoms. The summed E-state index contributed by atoms with van der Waals surface area (Å²) in [6, 6.07) is 0. The summed E-state index contributed by atoms with van der Waals surface area (Å²) >= 11 is 0. The number of quaternary nitrogens is 1. The van der Waals surface area contributed by atoms with E-state index in [9.17, 15) is 0 Å². The summed E-state index contributed by atoms with van der Waals surface area (Å²) in [5, 5.41) is 0. The van der Waals surface area contributed by atoms with E-state index in [0.29, 0.717) is 0 Å². The van der Waals surface area contributed by atoms with E-state index in [1.54, 1.807) is 0 Å². The van der Waals surface area contributed by atoms with Crippen LogP contribution < -0.4 is 0 Å². The molecule has 88 valence electrons. The fraction of sp³-hybridized carbons (Fsp3) is 1.00.